The van der Waals surface area contributed by atoms with E-state index in [1.54, 1.807) is 6.07 Å². The Morgan fingerprint density at radius 3 is 2.05 bits per heavy atom. The normalized spacial score (nSPS) is 13.5. The zero-order valence-corrected chi connectivity index (χ0v) is 12.8. The molecule has 0 atom stereocenters. The van der Waals surface area contributed by atoms with E-state index in [1.165, 1.54) is 12.3 Å². The van der Waals surface area contributed by atoms with Gasteiger partial charge >= 0.3 is 0 Å². The summed E-state index contributed by atoms with van der Waals surface area (Å²) in [6.07, 6.45) is 1.49. The SMILES string of the molecule is CC(C)(C)c1ccc(S(=O)(=O)CCS(N)(=O)=O)nc1. The van der Waals surface area contributed by atoms with Gasteiger partial charge in [-0.2, -0.15) is 0 Å². The van der Waals surface area contributed by atoms with Crippen molar-refractivity contribution >= 4 is 19.9 Å². The summed E-state index contributed by atoms with van der Waals surface area (Å²) in [5.41, 5.74) is 0.772. The van der Waals surface area contributed by atoms with Gasteiger partial charge in [0.15, 0.2) is 14.9 Å². The molecule has 8 heteroatoms. The van der Waals surface area contributed by atoms with Crippen LogP contribution in [-0.2, 0) is 25.3 Å². The molecule has 0 aliphatic heterocycles. The number of hydrogen-bond donors (Lipinski definition) is 1. The Labute approximate surface area is 114 Å². The maximum atomic E-state index is 11.9. The summed E-state index contributed by atoms with van der Waals surface area (Å²) in [6, 6.07) is 3.07. The molecule has 0 amide bonds. The largest absolute Gasteiger partial charge is 0.244 e. The molecule has 0 radical (unpaired) electrons. The summed E-state index contributed by atoms with van der Waals surface area (Å²) in [5, 5.41) is 4.65. The van der Waals surface area contributed by atoms with Crippen LogP contribution >= 0.6 is 0 Å². The van der Waals surface area contributed by atoms with E-state index in [9.17, 15) is 16.8 Å². The van der Waals surface area contributed by atoms with Crippen LogP contribution < -0.4 is 5.14 Å². The molecule has 0 aliphatic rings. The van der Waals surface area contributed by atoms with Gasteiger partial charge in [0.1, 0.15) is 0 Å². The Morgan fingerprint density at radius 2 is 1.68 bits per heavy atom. The molecule has 0 saturated heterocycles. The third-order valence-electron chi connectivity index (χ3n) is 2.56. The average Bonchev–Trinajstić information content (AvgIpc) is 2.25. The lowest BCUT2D eigenvalue weighted by atomic mass is 9.88. The van der Waals surface area contributed by atoms with Gasteiger partial charge in [-0.05, 0) is 17.0 Å². The molecule has 0 aromatic carbocycles. The monoisotopic (exact) mass is 306 g/mol. The first-order valence-electron chi connectivity index (χ1n) is 5.62. The molecule has 19 heavy (non-hydrogen) atoms. The highest BCUT2D eigenvalue weighted by molar-refractivity contribution is 7.94. The van der Waals surface area contributed by atoms with Gasteiger partial charge in [-0.3, -0.25) is 0 Å². The molecule has 108 valence electrons. The summed E-state index contributed by atoms with van der Waals surface area (Å²) in [7, 11) is -7.53. The van der Waals surface area contributed by atoms with Crippen LogP contribution in [0.5, 0.6) is 0 Å². The predicted molar refractivity (Wildman–Crippen MR) is 73.0 cm³/mol. The van der Waals surface area contributed by atoms with E-state index in [-0.39, 0.29) is 10.4 Å². The van der Waals surface area contributed by atoms with Gasteiger partial charge in [0, 0.05) is 6.20 Å². The molecule has 0 spiro atoms. The van der Waals surface area contributed by atoms with Gasteiger partial charge in [0.05, 0.1) is 11.5 Å². The molecule has 1 aromatic heterocycles. The Morgan fingerprint density at radius 1 is 1.11 bits per heavy atom. The molecule has 0 saturated carbocycles. The molecular weight excluding hydrogens is 288 g/mol. The van der Waals surface area contributed by atoms with E-state index < -0.39 is 31.4 Å². The summed E-state index contributed by atoms with van der Waals surface area (Å²) in [6.45, 7) is 5.96. The fourth-order valence-electron chi connectivity index (χ4n) is 1.34. The predicted octanol–water partition coefficient (Wildman–Crippen LogP) is 0.441. The van der Waals surface area contributed by atoms with Crippen molar-refractivity contribution in [3.05, 3.63) is 23.9 Å². The minimum absolute atomic E-state index is 0.129. The van der Waals surface area contributed by atoms with Crippen molar-refractivity contribution in [1.29, 1.82) is 0 Å². The third kappa shape index (κ3) is 4.88. The van der Waals surface area contributed by atoms with Gasteiger partial charge < -0.3 is 0 Å². The molecular formula is C11H18N2O4S2. The Kier molecular flexibility index (Phi) is 4.38. The number of nitrogens with two attached hydrogens (primary N) is 1. The smallest absolute Gasteiger partial charge is 0.210 e. The van der Waals surface area contributed by atoms with E-state index in [4.69, 9.17) is 5.14 Å². The minimum Gasteiger partial charge on any atom is -0.244 e. The molecule has 0 bridgehead atoms. The van der Waals surface area contributed by atoms with Gasteiger partial charge in [-0.25, -0.2) is 27.0 Å². The van der Waals surface area contributed by atoms with Gasteiger partial charge in [0.2, 0.25) is 10.0 Å². The van der Waals surface area contributed by atoms with Crippen LogP contribution in [0.15, 0.2) is 23.4 Å². The van der Waals surface area contributed by atoms with Crippen LogP contribution in [0, 0.1) is 0 Å². The zero-order chi connectivity index (χ0) is 14.9. The van der Waals surface area contributed by atoms with E-state index >= 15 is 0 Å². The lowest BCUT2D eigenvalue weighted by molar-refractivity contribution is 0.578. The molecule has 0 unspecified atom stereocenters. The van der Waals surface area contributed by atoms with Gasteiger partial charge in [0.25, 0.3) is 0 Å². The lowest BCUT2D eigenvalue weighted by Crippen LogP contribution is -2.23. The molecule has 6 nitrogen and oxygen atoms in total. The standard InChI is InChI=1S/C11H18N2O4S2/c1-11(2,3)9-4-5-10(13-8-9)18(14,15)6-7-19(12,16)17/h4-5,8H,6-7H2,1-3H3,(H2,12,16,17). The molecule has 1 aromatic rings. The Balaban J connectivity index is 2.98. The Bertz CT molecular complexity index is 641. The number of hydrogen-bond acceptors (Lipinski definition) is 5. The first-order chi connectivity index (χ1) is 8.42. The fraction of sp³-hybridized carbons (Fsp3) is 0.545. The van der Waals surface area contributed by atoms with Crippen molar-refractivity contribution in [2.75, 3.05) is 11.5 Å². The minimum atomic E-state index is -3.80. The first kappa shape index (κ1) is 16.1. The number of rotatable bonds is 4. The maximum Gasteiger partial charge on any atom is 0.210 e. The van der Waals surface area contributed by atoms with Crippen LogP contribution in [0.4, 0.5) is 0 Å². The Hall–Kier alpha value is -0.990. The van der Waals surface area contributed by atoms with E-state index in [2.05, 4.69) is 4.98 Å². The lowest BCUT2D eigenvalue weighted by Gasteiger charge is -2.18. The van der Waals surface area contributed by atoms with Crippen molar-refractivity contribution in [1.82, 2.24) is 4.98 Å². The van der Waals surface area contributed by atoms with Gasteiger partial charge in [-0.15, -0.1) is 0 Å². The van der Waals surface area contributed by atoms with Crippen molar-refractivity contribution in [2.45, 2.75) is 31.2 Å². The maximum absolute atomic E-state index is 11.9. The van der Waals surface area contributed by atoms with Crippen LogP contribution in [0.25, 0.3) is 0 Å². The van der Waals surface area contributed by atoms with Crippen molar-refractivity contribution < 1.29 is 16.8 Å². The molecule has 0 fully saturated rings. The topological polar surface area (TPSA) is 107 Å². The van der Waals surface area contributed by atoms with Crippen LogP contribution in [-0.4, -0.2) is 33.3 Å². The fourth-order valence-corrected chi connectivity index (χ4v) is 3.84. The van der Waals surface area contributed by atoms with Crippen LogP contribution in [0.1, 0.15) is 26.3 Å². The highest BCUT2D eigenvalue weighted by Crippen LogP contribution is 2.22. The molecule has 0 aliphatic carbocycles. The molecule has 1 rings (SSSR count). The summed E-state index contributed by atoms with van der Waals surface area (Å²) < 4.78 is 45.3. The molecule has 1 heterocycles. The van der Waals surface area contributed by atoms with E-state index in [0.29, 0.717) is 0 Å². The van der Waals surface area contributed by atoms with Crippen molar-refractivity contribution in [2.24, 2.45) is 5.14 Å². The number of sulfonamides is 1. The van der Waals surface area contributed by atoms with Crippen LogP contribution in [0.2, 0.25) is 0 Å². The second kappa shape index (κ2) is 5.18. The van der Waals surface area contributed by atoms with Gasteiger partial charge in [-0.1, -0.05) is 26.8 Å². The quantitative estimate of drug-likeness (QED) is 0.868. The zero-order valence-electron chi connectivity index (χ0n) is 11.1. The highest BCUT2D eigenvalue weighted by atomic mass is 32.2. The summed E-state index contributed by atoms with van der Waals surface area (Å²) in [4.78, 5) is 3.89. The van der Waals surface area contributed by atoms with E-state index in [0.717, 1.165) is 5.56 Å². The second-order valence-corrected chi connectivity index (χ2v) is 9.11. The first-order valence-corrected chi connectivity index (χ1v) is 8.98. The molecule has 2 N–H and O–H groups in total. The number of primary sulfonamides is 1. The number of pyridine rings is 1. The number of sulfone groups is 1. The van der Waals surface area contributed by atoms with E-state index in [1.807, 2.05) is 20.8 Å². The number of nitrogens with zero attached hydrogens (tertiary/aromatic N) is 1. The van der Waals surface area contributed by atoms with Crippen LogP contribution in [0.3, 0.4) is 0 Å². The average molecular weight is 306 g/mol. The van der Waals surface area contributed by atoms with Crippen molar-refractivity contribution in [3.8, 4) is 0 Å². The highest BCUT2D eigenvalue weighted by Gasteiger charge is 2.20. The number of aromatic nitrogens is 1. The second-order valence-electron chi connectivity index (χ2n) is 5.32. The summed E-state index contributed by atoms with van der Waals surface area (Å²) in [5.74, 6) is -1.17. The van der Waals surface area contributed by atoms with Crippen molar-refractivity contribution in [3.63, 3.8) is 0 Å². The summed E-state index contributed by atoms with van der Waals surface area (Å²) >= 11 is 0. The third-order valence-corrected chi connectivity index (χ3v) is 5.21.